The highest BCUT2D eigenvalue weighted by Gasteiger charge is 2.13. The molecule has 1 aromatic rings. The molecule has 0 aliphatic rings. The highest BCUT2D eigenvalue weighted by molar-refractivity contribution is 6.31. The summed E-state index contributed by atoms with van der Waals surface area (Å²) in [5.41, 5.74) is 6.46. The minimum atomic E-state index is -0.569. The van der Waals surface area contributed by atoms with Gasteiger partial charge in [-0.2, -0.15) is 0 Å². The Morgan fingerprint density at radius 3 is 2.53 bits per heavy atom. The molecule has 0 unspecified atom stereocenters. The number of benzene rings is 1. The molecule has 6 heteroatoms. The predicted molar refractivity (Wildman–Crippen MR) is 67.8 cm³/mol. The monoisotopic (exact) mass is 259 g/mol. The van der Waals surface area contributed by atoms with Gasteiger partial charge in [-0.25, -0.2) is 4.39 Å². The smallest absolute Gasteiger partial charge is 0.241 e. The minimum absolute atomic E-state index is 0.0154. The van der Waals surface area contributed by atoms with Crippen molar-refractivity contribution in [3.05, 3.63) is 23.0 Å². The van der Waals surface area contributed by atoms with E-state index in [-0.39, 0.29) is 23.2 Å². The van der Waals surface area contributed by atoms with Crippen molar-refractivity contribution in [1.29, 1.82) is 0 Å². The Balaban J connectivity index is 2.93. The Morgan fingerprint density at radius 1 is 1.41 bits per heavy atom. The van der Waals surface area contributed by atoms with E-state index >= 15 is 0 Å². The van der Waals surface area contributed by atoms with E-state index in [1.54, 1.807) is 26.0 Å². The molecule has 94 valence electrons. The summed E-state index contributed by atoms with van der Waals surface area (Å²) in [6.07, 6.45) is 0. The molecule has 0 radical (unpaired) electrons. The molecule has 0 saturated carbocycles. The summed E-state index contributed by atoms with van der Waals surface area (Å²) in [5.74, 6) is -0.646. The molecular formula is C11H15ClFN3O. The highest BCUT2D eigenvalue weighted by atomic mass is 35.5. The van der Waals surface area contributed by atoms with Gasteiger partial charge in [0.05, 0.1) is 22.9 Å². The van der Waals surface area contributed by atoms with Crippen molar-refractivity contribution in [3.63, 3.8) is 0 Å². The van der Waals surface area contributed by atoms with Gasteiger partial charge in [0.25, 0.3) is 0 Å². The summed E-state index contributed by atoms with van der Waals surface area (Å²) >= 11 is 5.68. The average Bonchev–Trinajstić information content (AvgIpc) is 2.22. The molecule has 2 N–H and O–H groups in total. The van der Waals surface area contributed by atoms with Gasteiger partial charge in [-0.3, -0.25) is 4.79 Å². The number of carbonyl (C=O) groups excluding carboxylic acids is 1. The van der Waals surface area contributed by atoms with E-state index < -0.39 is 5.82 Å². The molecule has 0 aromatic heterocycles. The topological polar surface area (TPSA) is 49.6 Å². The van der Waals surface area contributed by atoms with Crippen molar-refractivity contribution in [1.82, 2.24) is 4.90 Å². The lowest BCUT2D eigenvalue weighted by atomic mass is 10.2. The van der Waals surface area contributed by atoms with Crippen LogP contribution in [0.25, 0.3) is 0 Å². The summed E-state index contributed by atoms with van der Waals surface area (Å²) < 4.78 is 13.1. The molecule has 0 saturated heterocycles. The summed E-state index contributed by atoms with van der Waals surface area (Å²) in [5, 5.41) is -0.0154. The second-order valence-corrected chi connectivity index (χ2v) is 4.38. The third-order valence-electron chi connectivity index (χ3n) is 2.35. The molecule has 0 fully saturated rings. The number of nitrogens with zero attached hydrogens (tertiary/aromatic N) is 2. The van der Waals surface area contributed by atoms with Crippen molar-refractivity contribution in [2.24, 2.45) is 0 Å². The van der Waals surface area contributed by atoms with Gasteiger partial charge in [0.2, 0.25) is 5.91 Å². The summed E-state index contributed by atoms with van der Waals surface area (Å²) in [4.78, 5) is 14.6. The Bertz CT molecular complexity index is 437. The lowest BCUT2D eigenvalue weighted by Crippen LogP contribution is -2.34. The quantitative estimate of drug-likeness (QED) is 0.839. The zero-order valence-electron chi connectivity index (χ0n) is 10.00. The van der Waals surface area contributed by atoms with E-state index in [1.165, 1.54) is 11.0 Å². The molecule has 0 heterocycles. The molecule has 1 aromatic carbocycles. The summed E-state index contributed by atoms with van der Waals surface area (Å²) in [7, 11) is 5.02. The number of rotatable bonds is 3. The Hall–Kier alpha value is -1.49. The van der Waals surface area contributed by atoms with Gasteiger partial charge in [0.1, 0.15) is 5.82 Å². The third kappa shape index (κ3) is 3.23. The summed E-state index contributed by atoms with van der Waals surface area (Å²) in [6, 6.07) is 2.56. The average molecular weight is 260 g/mol. The maximum absolute atomic E-state index is 13.1. The van der Waals surface area contributed by atoms with Crippen LogP contribution in [-0.2, 0) is 4.79 Å². The molecule has 17 heavy (non-hydrogen) atoms. The molecule has 1 rings (SSSR count). The Labute approximate surface area is 105 Å². The van der Waals surface area contributed by atoms with E-state index in [4.69, 9.17) is 17.3 Å². The zero-order chi connectivity index (χ0) is 13.2. The lowest BCUT2D eigenvalue weighted by Gasteiger charge is -2.22. The number of halogens is 2. The van der Waals surface area contributed by atoms with Crippen LogP contribution >= 0.6 is 11.6 Å². The number of hydrogen-bond donors (Lipinski definition) is 1. The number of nitrogens with two attached hydrogens (primary N) is 1. The first-order chi connectivity index (χ1) is 7.82. The first kappa shape index (κ1) is 13.6. The van der Waals surface area contributed by atoms with Crippen LogP contribution in [0.4, 0.5) is 15.8 Å². The van der Waals surface area contributed by atoms with Crippen LogP contribution in [0.1, 0.15) is 0 Å². The van der Waals surface area contributed by atoms with Crippen LogP contribution in [-0.4, -0.2) is 38.5 Å². The SMILES string of the molecule is CN(C)C(=O)CN(C)c1cc(Cl)c(F)cc1N. The van der Waals surface area contributed by atoms with Gasteiger partial charge >= 0.3 is 0 Å². The van der Waals surface area contributed by atoms with Crippen LogP contribution in [0.3, 0.4) is 0 Å². The van der Waals surface area contributed by atoms with Crippen LogP contribution in [0.5, 0.6) is 0 Å². The van der Waals surface area contributed by atoms with E-state index in [9.17, 15) is 9.18 Å². The zero-order valence-corrected chi connectivity index (χ0v) is 10.8. The number of likely N-dealkylation sites (N-methyl/N-ethyl adjacent to an activating group) is 2. The maximum Gasteiger partial charge on any atom is 0.241 e. The second-order valence-electron chi connectivity index (χ2n) is 3.97. The highest BCUT2D eigenvalue weighted by Crippen LogP contribution is 2.28. The van der Waals surface area contributed by atoms with Crippen LogP contribution < -0.4 is 10.6 Å². The number of nitrogen functional groups attached to an aromatic ring is 1. The minimum Gasteiger partial charge on any atom is -0.397 e. The van der Waals surface area contributed by atoms with Gasteiger partial charge < -0.3 is 15.5 Å². The van der Waals surface area contributed by atoms with Gasteiger partial charge in [0.15, 0.2) is 0 Å². The molecule has 0 aliphatic carbocycles. The largest absolute Gasteiger partial charge is 0.397 e. The third-order valence-corrected chi connectivity index (χ3v) is 2.64. The lowest BCUT2D eigenvalue weighted by molar-refractivity contribution is -0.127. The maximum atomic E-state index is 13.1. The molecule has 0 aliphatic heterocycles. The van der Waals surface area contributed by atoms with Crippen molar-refractivity contribution in [3.8, 4) is 0 Å². The first-order valence-corrected chi connectivity index (χ1v) is 5.36. The number of anilines is 2. The predicted octanol–water partition coefficient (Wildman–Crippen LogP) is 1.59. The molecule has 1 amide bonds. The van der Waals surface area contributed by atoms with Crippen molar-refractivity contribution < 1.29 is 9.18 Å². The van der Waals surface area contributed by atoms with Gasteiger partial charge in [0, 0.05) is 27.2 Å². The molecular weight excluding hydrogens is 245 g/mol. The van der Waals surface area contributed by atoms with Crippen molar-refractivity contribution in [2.45, 2.75) is 0 Å². The molecule has 4 nitrogen and oxygen atoms in total. The van der Waals surface area contributed by atoms with Crippen LogP contribution in [0.2, 0.25) is 5.02 Å². The van der Waals surface area contributed by atoms with E-state index in [0.29, 0.717) is 5.69 Å². The van der Waals surface area contributed by atoms with Gasteiger partial charge in [-0.1, -0.05) is 11.6 Å². The Kier molecular flexibility index (Phi) is 4.17. The number of carbonyl (C=O) groups is 1. The van der Waals surface area contributed by atoms with E-state index in [2.05, 4.69) is 0 Å². The normalized spacial score (nSPS) is 10.2. The van der Waals surface area contributed by atoms with Crippen molar-refractivity contribution >= 4 is 28.9 Å². The van der Waals surface area contributed by atoms with E-state index in [1.807, 2.05) is 0 Å². The molecule has 0 atom stereocenters. The fourth-order valence-electron chi connectivity index (χ4n) is 1.31. The van der Waals surface area contributed by atoms with Crippen molar-refractivity contribution in [2.75, 3.05) is 38.3 Å². The summed E-state index contributed by atoms with van der Waals surface area (Å²) in [6.45, 7) is 0.152. The number of amides is 1. The fraction of sp³-hybridized carbons (Fsp3) is 0.364. The molecule has 0 spiro atoms. The standard InChI is InChI=1S/C11H15ClFN3O/c1-15(2)11(17)6-16(3)10-4-7(12)8(13)5-9(10)14/h4-5H,6,14H2,1-3H3. The van der Waals surface area contributed by atoms with Crippen LogP contribution in [0.15, 0.2) is 12.1 Å². The van der Waals surface area contributed by atoms with Crippen LogP contribution in [0, 0.1) is 5.82 Å². The first-order valence-electron chi connectivity index (χ1n) is 4.98. The Morgan fingerprint density at radius 2 is 2.00 bits per heavy atom. The number of hydrogen-bond acceptors (Lipinski definition) is 3. The van der Waals surface area contributed by atoms with E-state index in [0.717, 1.165) is 6.07 Å². The molecule has 0 bridgehead atoms. The van der Waals surface area contributed by atoms with Gasteiger partial charge in [-0.05, 0) is 6.07 Å². The second kappa shape index (κ2) is 5.23. The fourth-order valence-corrected chi connectivity index (χ4v) is 1.47. The van der Waals surface area contributed by atoms with Gasteiger partial charge in [-0.15, -0.1) is 0 Å².